The number of fused-ring (bicyclic) bond motifs is 40. The van der Waals surface area contributed by atoms with Crippen LogP contribution >= 0.6 is 11.3 Å². The highest BCUT2D eigenvalue weighted by Gasteiger charge is 2.28. The molecule has 0 aliphatic carbocycles. The van der Waals surface area contributed by atoms with Gasteiger partial charge in [-0.25, -0.2) is 0 Å². The van der Waals surface area contributed by atoms with Crippen LogP contribution in [-0.2, 0) is 0 Å². The summed E-state index contributed by atoms with van der Waals surface area (Å²) < 4.78 is 17.7. The van der Waals surface area contributed by atoms with E-state index in [0.29, 0.717) is 0 Å². The molecule has 10 aromatic heterocycles. The number of hydrogen-bond acceptors (Lipinski definition) is 1. The molecule has 16 aromatic carbocycles. The Morgan fingerprint density at radius 3 is 1.40 bits per heavy atom. The smallest absolute Gasteiger partial charge is 0.0788 e. The predicted octanol–water partition coefficient (Wildman–Crippen LogP) is 27.8. The highest BCUT2D eigenvalue weighted by atomic mass is 32.1. The molecule has 26 aromatic rings. The third-order valence-electron chi connectivity index (χ3n) is 24.5. The van der Waals surface area contributed by atoms with Gasteiger partial charge in [0, 0.05) is 147 Å². The summed E-state index contributed by atoms with van der Waals surface area (Å²) >= 11 is 1.93. The van der Waals surface area contributed by atoms with E-state index >= 15 is 0 Å². The van der Waals surface area contributed by atoms with Gasteiger partial charge in [0.25, 0.3) is 0 Å². The summed E-state index contributed by atoms with van der Waals surface area (Å²) in [7, 11) is 0. The Kier molecular flexibility index (Phi) is 11.3. The van der Waals surface area contributed by atoms with Crippen molar-refractivity contribution in [1.29, 1.82) is 0 Å². The maximum absolute atomic E-state index is 2.58. The summed E-state index contributed by atoms with van der Waals surface area (Å²) in [5, 5.41) is 28.6. The predicted molar refractivity (Wildman–Crippen MR) is 464 cm³/mol. The summed E-state index contributed by atoms with van der Waals surface area (Å²) in [6.07, 6.45) is 4.82. The molecule has 0 spiro atoms. The minimum Gasteiger partial charge on any atom is -0.315 e. The fourth-order valence-electron chi connectivity index (χ4n) is 20.1. The molecule has 0 aliphatic heterocycles. The van der Waals surface area contributed by atoms with Crippen LogP contribution in [0.25, 0.3) is 239 Å². The molecule has 7 heteroatoms. The molecule has 0 aliphatic rings. The van der Waals surface area contributed by atoms with Crippen LogP contribution in [0.5, 0.6) is 0 Å². The van der Waals surface area contributed by atoms with Crippen molar-refractivity contribution >= 4 is 211 Å². The average Bonchev–Trinajstić information content (AvgIpc) is 1.55. The van der Waals surface area contributed by atoms with E-state index in [4.69, 9.17) is 0 Å². The van der Waals surface area contributed by atoms with Crippen molar-refractivity contribution in [2.45, 2.75) is 0 Å². The molecule has 502 valence electrons. The van der Waals surface area contributed by atoms with Crippen LogP contribution < -0.4 is 0 Å². The molecule has 0 amide bonds. The van der Waals surface area contributed by atoms with Crippen LogP contribution in [0.4, 0.5) is 0 Å². The molecule has 0 saturated heterocycles. The number of aromatic nitrogens is 6. The SMILES string of the molecule is c1ccc(-n2c3ccccc3c3ccc4c5ccccc5n5c(-c6ccc(-n7c8ccccc8c8c9c(ccc87)c7ccccc7n7cc8c(-c%10ccc%11sc%12c(ccc%13c%14ccc%15c%16ccccc%16n(-c%16ccccc%16)c%15c%14n%14cc%15ccccc%15c%14c%13%12)c%11c%10)cccc8c97)cc6)c6ccccc6c5c4c32)cc1. The lowest BCUT2D eigenvalue weighted by Crippen LogP contribution is -1.98. The minimum atomic E-state index is 1.11. The maximum Gasteiger partial charge on any atom is 0.0788 e. The Morgan fingerprint density at radius 1 is 0.211 bits per heavy atom. The number of rotatable bonds is 5. The lowest BCUT2D eigenvalue weighted by atomic mass is 9.96. The van der Waals surface area contributed by atoms with E-state index in [9.17, 15) is 0 Å². The first-order valence-electron chi connectivity index (χ1n) is 37.6. The van der Waals surface area contributed by atoms with Gasteiger partial charge in [-0.3, -0.25) is 0 Å². The van der Waals surface area contributed by atoms with E-state index in [-0.39, 0.29) is 0 Å². The molecule has 6 nitrogen and oxygen atoms in total. The topological polar surface area (TPSA) is 28.0 Å². The lowest BCUT2D eigenvalue weighted by Gasteiger charge is -2.16. The highest BCUT2D eigenvalue weighted by Crippen LogP contribution is 2.52. The molecule has 0 atom stereocenters. The van der Waals surface area contributed by atoms with E-state index in [1.807, 2.05) is 11.3 Å². The van der Waals surface area contributed by atoms with E-state index in [0.717, 1.165) is 22.6 Å². The molecule has 0 radical (unpaired) electrons. The van der Waals surface area contributed by atoms with Crippen molar-refractivity contribution in [3.8, 4) is 39.4 Å². The summed E-state index contributed by atoms with van der Waals surface area (Å²) in [6.45, 7) is 0. The fourth-order valence-corrected chi connectivity index (χ4v) is 21.3. The van der Waals surface area contributed by atoms with Crippen LogP contribution in [-0.4, -0.2) is 26.9 Å². The van der Waals surface area contributed by atoms with Crippen molar-refractivity contribution in [3.63, 3.8) is 0 Å². The monoisotopic (exact) mass is 1400 g/mol. The normalized spacial score (nSPS) is 12.6. The molecule has 0 bridgehead atoms. The number of nitrogens with zero attached hydrogens (tertiary/aromatic N) is 6. The van der Waals surface area contributed by atoms with Gasteiger partial charge in [-0.1, -0.05) is 255 Å². The van der Waals surface area contributed by atoms with Gasteiger partial charge in [0.1, 0.15) is 0 Å². The molecule has 109 heavy (non-hydrogen) atoms. The first-order valence-corrected chi connectivity index (χ1v) is 38.5. The van der Waals surface area contributed by atoms with Gasteiger partial charge in [-0.15, -0.1) is 11.3 Å². The molecular formula is C102H58N6S. The minimum absolute atomic E-state index is 1.11. The molecule has 0 saturated carbocycles. The number of para-hydroxylation sites is 7. The van der Waals surface area contributed by atoms with Crippen molar-refractivity contribution in [2.24, 2.45) is 0 Å². The van der Waals surface area contributed by atoms with Gasteiger partial charge in [0.05, 0.1) is 71.9 Å². The molecule has 0 unspecified atom stereocenters. The van der Waals surface area contributed by atoms with Crippen LogP contribution in [0.2, 0.25) is 0 Å². The van der Waals surface area contributed by atoms with Gasteiger partial charge in [-0.2, -0.15) is 0 Å². The third kappa shape index (κ3) is 7.53. The summed E-state index contributed by atoms with van der Waals surface area (Å²) in [5.74, 6) is 0. The Bertz CT molecular complexity index is 8590. The first-order chi connectivity index (χ1) is 54.1. The van der Waals surface area contributed by atoms with E-state index in [2.05, 4.69) is 379 Å². The van der Waals surface area contributed by atoms with E-state index in [1.165, 1.54) is 216 Å². The highest BCUT2D eigenvalue weighted by molar-refractivity contribution is 7.26. The Balaban J connectivity index is 0.666. The van der Waals surface area contributed by atoms with Gasteiger partial charge in [-0.05, 0) is 118 Å². The summed E-state index contributed by atoms with van der Waals surface area (Å²) in [6, 6.07) is 127. The summed E-state index contributed by atoms with van der Waals surface area (Å²) in [4.78, 5) is 0. The van der Waals surface area contributed by atoms with Crippen molar-refractivity contribution < 1.29 is 0 Å². The van der Waals surface area contributed by atoms with Gasteiger partial charge < -0.3 is 26.9 Å². The first kappa shape index (κ1) is 58.1. The standard InChI is InChI=1S/C102H58N6S/c1-3-23-62(24-4-1)106-85-38-17-13-30-69(85)77-49-47-72-68-29-12-19-40-87(68)108-95(74-32-9-10-33-75(74)99(108)93(72)98(77)106)59-42-45-64(46-43-59)105-88-41-20-15-34-81(88)91-89(105)54-53-71-67-28-11-16-37-84(67)103-58-83-65(35-21-36-76(83)97(103)92(71)91)60-44-55-90-82(56-60)80-52-48-73-79-51-50-78-70-31-14-18-39-86(70)107(63-25-5-2-6-26-63)101(78)100(79)104-57-61-22-7-8-27-66(61)96(104)94(73)102(80)109-90/h1-58H. The molecule has 26 rings (SSSR count). The average molecular weight is 1400 g/mol. The molecule has 10 heterocycles. The van der Waals surface area contributed by atoms with Crippen LogP contribution in [0.3, 0.4) is 0 Å². The fraction of sp³-hybridized carbons (Fsp3) is 0. The van der Waals surface area contributed by atoms with E-state index in [1.54, 1.807) is 0 Å². The van der Waals surface area contributed by atoms with Gasteiger partial charge in [0.15, 0.2) is 0 Å². The Hall–Kier alpha value is -14.2. The number of benzene rings is 16. The molecule has 0 N–H and O–H groups in total. The third-order valence-corrected chi connectivity index (χ3v) is 25.7. The quantitative estimate of drug-likeness (QED) is 0.154. The number of thiophene rings is 1. The van der Waals surface area contributed by atoms with Crippen LogP contribution in [0, 0.1) is 0 Å². The molecular weight excluding hydrogens is 1340 g/mol. The van der Waals surface area contributed by atoms with Crippen molar-refractivity contribution in [1.82, 2.24) is 26.9 Å². The van der Waals surface area contributed by atoms with E-state index < -0.39 is 0 Å². The van der Waals surface area contributed by atoms with Crippen LogP contribution in [0.15, 0.2) is 352 Å². The van der Waals surface area contributed by atoms with Crippen LogP contribution in [0.1, 0.15) is 0 Å². The lowest BCUT2D eigenvalue weighted by molar-refractivity contribution is 1.17. The maximum atomic E-state index is 2.58. The summed E-state index contributed by atoms with van der Waals surface area (Å²) in [5.41, 5.74) is 22.6. The second kappa shape index (κ2) is 21.3. The Labute approximate surface area is 625 Å². The number of pyridine rings is 3. The zero-order valence-corrected chi connectivity index (χ0v) is 59.4. The second-order valence-corrected chi connectivity index (χ2v) is 30.8. The van der Waals surface area contributed by atoms with Gasteiger partial charge >= 0.3 is 0 Å². The van der Waals surface area contributed by atoms with Crippen molar-refractivity contribution in [2.75, 3.05) is 0 Å². The molecule has 0 fully saturated rings. The zero-order valence-electron chi connectivity index (χ0n) is 58.6. The second-order valence-electron chi connectivity index (χ2n) is 29.7. The van der Waals surface area contributed by atoms with Crippen molar-refractivity contribution in [3.05, 3.63) is 352 Å². The van der Waals surface area contributed by atoms with Gasteiger partial charge in [0.2, 0.25) is 0 Å². The number of hydrogen-bond donors (Lipinski definition) is 0. The Morgan fingerprint density at radius 2 is 0.688 bits per heavy atom. The zero-order chi connectivity index (χ0) is 70.6. The largest absolute Gasteiger partial charge is 0.315 e.